The lowest BCUT2D eigenvalue weighted by Gasteiger charge is -2.27. The van der Waals surface area contributed by atoms with E-state index in [1.54, 1.807) is 0 Å². The van der Waals surface area contributed by atoms with Crippen molar-refractivity contribution in [1.82, 2.24) is 4.98 Å². The third-order valence-electron chi connectivity index (χ3n) is 8.49. The summed E-state index contributed by atoms with van der Waals surface area (Å²) in [5, 5.41) is 4.29. The molecule has 9 rings (SSSR count). The highest BCUT2D eigenvalue weighted by atomic mass is 16.3. The fourth-order valence-corrected chi connectivity index (χ4v) is 6.34. The van der Waals surface area contributed by atoms with Gasteiger partial charge in [-0.2, -0.15) is 0 Å². The summed E-state index contributed by atoms with van der Waals surface area (Å²) in [5.74, 6) is 0.609. The molecule has 0 saturated carbocycles. The lowest BCUT2D eigenvalue weighted by Crippen LogP contribution is -2.10. The molecule has 0 N–H and O–H groups in total. The van der Waals surface area contributed by atoms with Crippen LogP contribution in [0.4, 0.5) is 17.1 Å². The molecule has 0 atom stereocenters. The van der Waals surface area contributed by atoms with Gasteiger partial charge in [0.25, 0.3) is 0 Å². The van der Waals surface area contributed by atoms with Crippen molar-refractivity contribution in [3.8, 4) is 22.6 Å². The molecule has 0 amide bonds. The second kappa shape index (κ2) is 10.2. The minimum Gasteiger partial charge on any atom is -0.456 e. The Morgan fingerprint density at radius 1 is 0.400 bits per heavy atom. The van der Waals surface area contributed by atoms with Crippen molar-refractivity contribution in [2.75, 3.05) is 4.90 Å². The molecule has 9 aromatic rings. The first-order chi connectivity index (χ1) is 22.3. The first-order valence-electron chi connectivity index (χ1n) is 15.0. The Hall–Kier alpha value is -6.13. The van der Waals surface area contributed by atoms with Gasteiger partial charge < -0.3 is 13.7 Å². The van der Waals surface area contributed by atoms with Crippen LogP contribution in [0.2, 0.25) is 0 Å². The second-order valence-electron chi connectivity index (χ2n) is 11.2. The van der Waals surface area contributed by atoms with Crippen LogP contribution in [0.3, 0.4) is 0 Å². The number of furan rings is 1. The lowest BCUT2D eigenvalue weighted by molar-refractivity contribution is 0.620. The van der Waals surface area contributed by atoms with Gasteiger partial charge in [0.2, 0.25) is 5.89 Å². The molecule has 0 unspecified atom stereocenters. The highest BCUT2D eigenvalue weighted by Gasteiger charge is 2.21. The molecule has 0 bridgehead atoms. The number of benzene rings is 7. The Balaban J connectivity index is 1.29. The van der Waals surface area contributed by atoms with E-state index in [2.05, 4.69) is 114 Å². The van der Waals surface area contributed by atoms with Gasteiger partial charge in [0.15, 0.2) is 5.58 Å². The minimum atomic E-state index is 0.609. The lowest BCUT2D eigenvalue weighted by atomic mass is 10.0. The van der Waals surface area contributed by atoms with E-state index < -0.39 is 0 Å². The number of fused-ring (bicyclic) bond motifs is 6. The molecule has 45 heavy (non-hydrogen) atoms. The number of para-hydroxylation sites is 1. The Morgan fingerprint density at radius 3 is 1.78 bits per heavy atom. The number of aromatic nitrogens is 1. The van der Waals surface area contributed by atoms with Crippen molar-refractivity contribution < 1.29 is 8.83 Å². The van der Waals surface area contributed by atoms with Gasteiger partial charge >= 0.3 is 0 Å². The highest BCUT2D eigenvalue weighted by molar-refractivity contribution is 6.13. The number of oxazole rings is 1. The van der Waals surface area contributed by atoms with Gasteiger partial charge in [-0.15, -0.1) is 0 Å². The molecule has 0 spiro atoms. The highest BCUT2D eigenvalue weighted by Crippen LogP contribution is 2.44. The van der Waals surface area contributed by atoms with Crippen molar-refractivity contribution in [2.24, 2.45) is 0 Å². The van der Waals surface area contributed by atoms with Gasteiger partial charge in [-0.05, 0) is 59.7 Å². The largest absolute Gasteiger partial charge is 0.456 e. The van der Waals surface area contributed by atoms with Crippen LogP contribution >= 0.6 is 0 Å². The third kappa shape index (κ3) is 4.27. The predicted octanol–water partition coefficient (Wildman–Crippen LogP) is 11.7. The Bertz CT molecular complexity index is 2480. The number of rotatable bonds is 5. The van der Waals surface area contributed by atoms with Crippen LogP contribution in [-0.4, -0.2) is 4.98 Å². The minimum absolute atomic E-state index is 0.609. The maximum Gasteiger partial charge on any atom is 0.227 e. The van der Waals surface area contributed by atoms with Crippen molar-refractivity contribution in [2.45, 2.75) is 0 Å². The molecule has 0 aliphatic heterocycles. The number of hydrogen-bond donors (Lipinski definition) is 0. The summed E-state index contributed by atoms with van der Waals surface area (Å²) in [6, 6.07) is 54.5. The Kier molecular flexibility index (Phi) is 5.78. The molecule has 2 aromatic heterocycles. The van der Waals surface area contributed by atoms with Gasteiger partial charge in [-0.25, -0.2) is 4.98 Å². The van der Waals surface area contributed by atoms with E-state index in [1.165, 1.54) is 11.1 Å². The van der Waals surface area contributed by atoms with Gasteiger partial charge in [0.1, 0.15) is 16.7 Å². The van der Waals surface area contributed by atoms with Crippen LogP contribution in [-0.2, 0) is 0 Å². The summed E-state index contributed by atoms with van der Waals surface area (Å²) in [6.07, 6.45) is 0. The Morgan fingerprint density at radius 2 is 1.00 bits per heavy atom. The van der Waals surface area contributed by atoms with E-state index in [0.29, 0.717) is 5.89 Å². The first-order valence-corrected chi connectivity index (χ1v) is 15.0. The average Bonchev–Trinajstić information content (AvgIpc) is 3.71. The standard InChI is InChI=1S/C41H26N2O2/c1-3-11-27(12-4-1)28-19-21-30(22-20-28)43(31-23-24-38-35(25-31)33-16-9-10-18-37(33)44-38)36-26-39-40(34-17-8-7-15-32(34)36)42-41(45-39)29-13-5-2-6-14-29/h1-26H. The molecule has 7 aromatic carbocycles. The van der Waals surface area contributed by atoms with Gasteiger partial charge in [-0.1, -0.05) is 103 Å². The van der Waals surface area contributed by atoms with Crippen LogP contribution in [0, 0.1) is 0 Å². The summed E-state index contributed by atoms with van der Waals surface area (Å²) < 4.78 is 12.7. The molecule has 2 heterocycles. The van der Waals surface area contributed by atoms with Crippen molar-refractivity contribution >= 4 is 60.9 Å². The molecule has 0 fully saturated rings. The number of anilines is 3. The summed E-state index contributed by atoms with van der Waals surface area (Å²) in [4.78, 5) is 7.28. The number of nitrogens with zero attached hydrogens (tertiary/aromatic N) is 2. The van der Waals surface area contributed by atoms with Gasteiger partial charge in [0, 0.05) is 44.5 Å². The van der Waals surface area contributed by atoms with Crippen LogP contribution in [0.1, 0.15) is 0 Å². The maximum absolute atomic E-state index is 6.46. The second-order valence-corrected chi connectivity index (χ2v) is 11.2. The normalized spacial score (nSPS) is 11.6. The van der Waals surface area contributed by atoms with E-state index in [0.717, 1.165) is 66.4 Å². The van der Waals surface area contributed by atoms with Crippen molar-refractivity contribution in [3.05, 3.63) is 158 Å². The molecule has 4 heteroatoms. The topological polar surface area (TPSA) is 42.4 Å². The quantitative estimate of drug-likeness (QED) is 0.204. The van der Waals surface area contributed by atoms with E-state index in [-0.39, 0.29) is 0 Å². The van der Waals surface area contributed by atoms with E-state index in [9.17, 15) is 0 Å². The van der Waals surface area contributed by atoms with E-state index >= 15 is 0 Å². The number of hydrogen-bond acceptors (Lipinski definition) is 4. The van der Waals surface area contributed by atoms with Crippen LogP contribution in [0.25, 0.3) is 66.4 Å². The summed E-state index contributed by atoms with van der Waals surface area (Å²) >= 11 is 0. The summed E-state index contributed by atoms with van der Waals surface area (Å²) in [7, 11) is 0. The predicted molar refractivity (Wildman–Crippen MR) is 184 cm³/mol. The molecule has 0 aliphatic carbocycles. The van der Waals surface area contributed by atoms with E-state index in [4.69, 9.17) is 13.8 Å². The van der Waals surface area contributed by atoms with Crippen molar-refractivity contribution in [1.29, 1.82) is 0 Å². The summed E-state index contributed by atoms with van der Waals surface area (Å²) in [5.41, 5.74) is 9.70. The SMILES string of the molecule is c1ccc(-c2ccc(N(c3ccc4oc5ccccc5c4c3)c3cc4oc(-c5ccccc5)nc4c4ccccc34)cc2)cc1. The fraction of sp³-hybridized carbons (Fsp3) is 0. The molecule has 0 radical (unpaired) electrons. The molecular weight excluding hydrogens is 552 g/mol. The summed E-state index contributed by atoms with van der Waals surface area (Å²) in [6.45, 7) is 0. The molecule has 0 aliphatic rings. The smallest absolute Gasteiger partial charge is 0.227 e. The monoisotopic (exact) mass is 578 g/mol. The molecule has 4 nitrogen and oxygen atoms in total. The van der Waals surface area contributed by atoms with Crippen LogP contribution in [0.5, 0.6) is 0 Å². The van der Waals surface area contributed by atoms with E-state index in [1.807, 2.05) is 48.5 Å². The molecular formula is C41H26N2O2. The zero-order valence-electron chi connectivity index (χ0n) is 24.2. The maximum atomic E-state index is 6.46. The van der Waals surface area contributed by atoms with Gasteiger partial charge in [0.05, 0.1) is 5.69 Å². The zero-order valence-corrected chi connectivity index (χ0v) is 24.2. The van der Waals surface area contributed by atoms with Crippen molar-refractivity contribution in [3.63, 3.8) is 0 Å². The Labute approximate surface area is 259 Å². The third-order valence-corrected chi connectivity index (χ3v) is 8.49. The van der Waals surface area contributed by atoms with Gasteiger partial charge in [-0.3, -0.25) is 0 Å². The average molecular weight is 579 g/mol. The van der Waals surface area contributed by atoms with Crippen LogP contribution < -0.4 is 4.90 Å². The molecule has 212 valence electrons. The van der Waals surface area contributed by atoms with Crippen LogP contribution in [0.15, 0.2) is 167 Å². The fourth-order valence-electron chi connectivity index (χ4n) is 6.34. The first kappa shape index (κ1) is 25.4. The zero-order chi connectivity index (χ0) is 29.7. The molecule has 0 saturated heterocycles.